The number of carbonyl (C=O) groups is 2. The highest BCUT2D eigenvalue weighted by Crippen LogP contribution is 2.31. The van der Waals surface area contributed by atoms with Crippen LogP contribution in [-0.2, 0) is 14.9 Å². The highest BCUT2D eigenvalue weighted by atomic mass is 16.5. The Bertz CT molecular complexity index is 714. The maximum atomic E-state index is 12.0. The Morgan fingerprint density at radius 2 is 1.96 bits per heavy atom. The van der Waals surface area contributed by atoms with Gasteiger partial charge < -0.3 is 19.2 Å². The van der Waals surface area contributed by atoms with E-state index < -0.39 is 18.5 Å². The number of carbonyl (C=O) groups excluding carboxylic acids is 2. The number of nitrogens with one attached hydrogen (secondary N) is 1. The highest BCUT2D eigenvalue weighted by molar-refractivity contribution is 5.95. The lowest BCUT2D eigenvalue weighted by atomic mass is 9.87. The molecule has 6 heteroatoms. The molecule has 128 valence electrons. The molecule has 0 spiro atoms. The Balaban J connectivity index is 2.03. The van der Waals surface area contributed by atoms with Crippen molar-refractivity contribution >= 4 is 17.6 Å². The van der Waals surface area contributed by atoms with Crippen molar-refractivity contribution in [2.45, 2.75) is 26.2 Å². The molecule has 24 heavy (non-hydrogen) atoms. The number of methoxy groups -OCH3 is 1. The van der Waals surface area contributed by atoms with Crippen LogP contribution in [0.2, 0.25) is 0 Å². The van der Waals surface area contributed by atoms with Gasteiger partial charge in [0.2, 0.25) is 5.76 Å². The van der Waals surface area contributed by atoms with Gasteiger partial charge in [-0.15, -0.1) is 0 Å². The van der Waals surface area contributed by atoms with E-state index in [0.717, 1.165) is 5.56 Å². The topological polar surface area (TPSA) is 77.8 Å². The fraction of sp³-hybridized carbons (Fsp3) is 0.333. The zero-order chi connectivity index (χ0) is 17.7. The van der Waals surface area contributed by atoms with Crippen LogP contribution in [0, 0.1) is 0 Å². The Hall–Kier alpha value is -2.76. The molecule has 0 saturated heterocycles. The van der Waals surface area contributed by atoms with Gasteiger partial charge in [-0.1, -0.05) is 26.8 Å². The number of ether oxygens (including phenoxy) is 2. The second-order valence-electron chi connectivity index (χ2n) is 6.27. The first-order valence-electron chi connectivity index (χ1n) is 7.50. The summed E-state index contributed by atoms with van der Waals surface area (Å²) in [7, 11) is 1.53. The molecule has 0 atom stereocenters. The van der Waals surface area contributed by atoms with Crippen LogP contribution in [-0.4, -0.2) is 25.6 Å². The smallest absolute Gasteiger partial charge is 0.374 e. The van der Waals surface area contributed by atoms with Gasteiger partial charge in [0.05, 0.1) is 19.1 Å². The third kappa shape index (κ3) is 4.38. The van der Waals surface area contributed by atoms with Crippen molar-refractivity contribution in [1.82, 2.24) is 0 Å². The summed E-state index contributed by atoms with van der Waals surface area (Å²) in [4.78, 5) is 23.7. The number of anilines is 1. The molecule has 1 amide bonds. The van der Waals surface area contributed by atoms with E-state index in [2.05, 4.69) is 26.1 Å². The van der Waals surface area contributed by atoms with Gasteiger partial charge >= 0.3 is 5.97 Å². The summed E-state index contributed by atoms with van der Waals surface area (Å²) in [6.07, 6.45) is 1.36. The van der Waals surface area contributed by atoms with Crippen LogP contribution in [0.3, 0.4) is 0 Å². The summed E-state index contributed by atoms with van der Waals surface area (Å²) in [6, 6.07) is 8.64. The summed E-state index contributed by atoms with van der Waals surface area (Å²) in [5.74, 6) is -0.561. The number of esters is 1. The van der Waals surface area contributed by atoms with Crippen molar-refractivity contribution in [2.24, 2.45) is 0 Å². The van der Waals surface area contributed by atoms with Crippen LogP contribution in [0.25, 0.3) is 0 Å². The molecule has 0 fully saturated rings. The molecule has 0 aliphatic rings. The van der Waals surface area contributed by atoms with Gasteiger partial charge in [-0.05, 0) is 35.2 Å². The van der Waals surface area contributed by atoms with Crippen molar-refractivity contribution in [1.29, 1.82) is 0 Å². The Morgan fingerprint density at radius 1 is 1.21 bits per heavy atom. The molecule has 2 rings (SSSR count). The summed E-state index contributed by atoms with van der Waals surface area (Å²) in [5.41, 5.74) is 1.51. The zero-order valence-corrected chi connectivity index (χ0v) is 14.2. The minimum atomic E-state index is -0.689. The molecule has 0 aliphatic carbocycles. The Kier molecular flexibility index (Phi) is 5.28. The molecule has 2 aromatic rings. The van der Waals surface area contributed by atoms with Crippen LogP contribution in [0.4, 0.5) is 5.69 Å². The van der Waals surface area contributed by atoms with Gasteiger partial charge in [-0.25, -0.2) is 4.79 Å². The number of benzene rings is 1. The predicted molar refractivity (Wildman–Crippen MR) is 89.3 cm³/mol. The summed E-state index contributed by atoms with van der Waals surface area (Å²) < 4.78 is 15.1. The fourth-order valence-electron chi connectivity index (χ4n) is 2.06. The van der Waals surface area contributed by atoms with Crippen LogP contribution in [0.1, 0.15) is 36.9 Å². The summed E-state index contributed by atoms with van der Waals surface area (Å²) in [5, 5.41) is 2.70. The van der Waals surface area contributed by atoms with Gasteiger partial charge in [0, 0.05) is 0 Å². The normalized spacial score (nSPS) is 11.0. The van der Waals surface area contributed by atoms with Crippen molar-refractivity contribution < 1.29 is 23.5 Å². The average Bonchev–Trinajstić information content (AvgIpc) is 3.06. The van der Waals surface area contributed by atoms with Crippen molar-refractivity contribution in [3.8, 4) is 5.75 Å². The molecule has 1 aromatic heterocycles. The summed E-state index contributed by atoms with van der Waals surface area (Å²) >= 11 is 0. The van der Waals surface area contributed by atoms with Crippen molar-refractivity contribution in [2.75, 3.05) is 19.0 Å². The molecule has 0 bridgehead atoms. The fourth-order valence-corrected chi connectivity index (χ4v) is 2.06. The van der Waals surface area contributed by atoms with E-state index >= 15 is 0 Å². The van der Waals surface area contributed by atoms with Crippen LogP contribution >= 0.6 is 0 Å². The van der Waals surface area contributed by atoms with Crippen LogP contribution in [0.5, 0.6) is 5.75 Å². The molecule has 6 nitrogen and oxygen atoms in total. The third-order valence-electron chi connectivity index (χ3n) is 3.40. The maximum absolute atomic E-state index is 12.0. The standard InChI is InChI=1S/C18H21NO5/c1-18(2,3)12-7-8-14(22-4)13(10-12)19-16(20)11-24-17(21)15-6-5-9-23-15/h5-10H,11H2,1-4H3,(H,19,20). The SMILES string of the molecule is COc1ccc(C(C)(C)C)cc1NC(=O)COC(=O)c1ccco1. The number of furan rings is 1. The lowest BCUT2D eigenvalue weighted by Crippen LogP contribution is -2.21. The highest BCUT2D eigenvalue weighted by Gasteiger charge is 2.18. The van der Waals surface area contributed by atoms with Crippen molar-refractivity contribution in [3.63, 3.8) is 0 Å². The molecular formula is C18H21NO5. The molecule has 0 saturated carbocycles. The van der Waals surface area contributed by atoms with Gasteiger partial charge in [0.15, 0.2) is 6.61 Å². The second kappa shape index (κ2) is 7.21. The lowest BCUT2D eigenvalue weighted by Gasteiger charge is -2.21. The zero-order valence-electron chi connectivity index (χ0n) is 14.2. The van der Waals surface area contributed by atoms with E-state index in [1.54, 1.807) is 12.1 Å². The van der Waals surface area contributed by atoms with Gasteiger partial charge in [0.1, 0.15) is 5.75 Å². The Labute approximate surface area is 140 Å². The first-order chi connectivity index (χ1) is 11.3. The molecule has 1 heterocycles. The number of hydrogen-bond donors (Lipinski definition) is 1. The molecule has 0 unspecified atom stereocenters. The lowest BCUT2D eigenvalue weighted by molar-refractivity contribution is -0.119. The van der Waals surface area contributed by atoms with Gasteiger partial charge in [0.25, 0.3) is 5.91 Å². The molecule has 1 aromatic carbocycles. The summed E-state index contributed by atoms with van der Waals surface area (Å²) in [6.45, 7) is 5.81. The first-order valence-corrected chi connectivity index (χ1v) is 7.50. The monoisotopic (exact) mass is 331 g/mol. The largest absolute Gasteiger partial charge is 0.495 e. The third-order valence-corrected chi connectivity index (χ3v) is 3.40. The predicted octanol–water partition coefficient (Wildman–Crippen LogP) is 3.38. The molecule has 0 aliphatic heterocycles. The molecule has 1 N–H and O–H groups in total. The van der Waals surface area contributed by atoms with E-state index in [-0.39, 0.29) is 11.2 Å². The minimum Gasteiger partial charge on any atom is -0.495 e. The molecule has 0 radical (unpaired) electrons. The van der Waals surface area contributed by atoms with E-state index in [9.17, 15) is 9.59 Å². The minimum absolute atomic E-state index is 0.0510. The number of hydrogen-bond acceptors (Lipinski definition) is 5. The van der Waals surface area contributed by atoms with Crippen molar-refractivity contribution in [3.05, 3.63) is 47.9 Å². The van der Waals surface area contributed by atoms with Crippen LogP contribution < -0.4 is 10.1 Å². The van der Waals surface area contributed by atoms with E-state index in [4.69, 9.17) is 13.9 Å². The first kappa shape index (κ1) is 17.6. The van der Waals surface area contributed by atoms with E-state index in [1.807, 2.05) is 12.1 Å². The van der Waals surface area contributed by atoms with E-state index in [0.29, 0.717) is 11.4 Å². The van der Waals surface area contributed by atoms with Gasteiger partial charge in [-0.2, -0.15) is 0 Å². The molecular weight excluding hydrogens is 310 g/mol. The maximum Gasteiger partial charge on any atom is 0.374 e. The number of amides is 1. The quantitative estimate of drug-likeness (QED) is 0.850. The average molecular weight is 331 g/mol. The number of rotatable bonds is 5. The van der Waals surface area contributed by atoms with Gasteiger partial charge in [-0.3, -0.25) is 4.79 Å². The second-order valence-corrected chi connectivity index (χ2v) is 6.27. The van der Waals surface area contributed by atoms with Crippen LogP contribution in [0.15, 0.2) is 41.0 Å². The Morgan fingerprint density at radius 3 is 2.54 bits per heavy atom. The van der Waals surface area contributed by atoms with E-state index in [1.165, 1.54) is 19.4 Å².